The first kappa shape index (κ1) is 15.8. The third kappa shape index (κ3) is 4.43. The van der Waals surface area contributed by atoms with Crippen LogP contribution in [0.25, 0.3) is 10.2 Å². The van der Waals surface area contributed by atoms with Crippen LogP contribution < -0.4 is 11.1 Å². The van der Waals surface area contributed by atoms with E-state index in [1.807, 2.05) is 12.1 Å². The second kappa shape index (κ2) is 7.41. The largest absolute Gasteiger partial charge is 0.375 e. The van der Waals surface area contributed by atoms with Gasteiger partial charge in [0.25, 0.3) is 5.91 Å². The lowest BCUT2D eigenvalue weighted by molar-refractivity contribution is 0.0938. The van der Waals surface area contributed by atoms with Crippen LogP contribution in [0.3, 0.4) is 0 Å². The number of amides is 1. The number of rotatable bonds is 7. The molecular formula is C16H23N3OS. The fraction of sp³-hybridized carbons (Fsp3) is 0.500. The first-order valence-electron chi connectivity index (χ1n) is 7.57. The zero-order valence-electron chi connectivity index (χ0n) is 12.7. The van der Waals surface area contributed by atoms with Gasteiger partial charge in [0.2, 0.25) is 0 Å². The van der Waals surface area contributed by atoms with Crippen molar-refractivity contribution in [2.75, 3.05) is 5.73 Å². The van der Waals surface area contributed by atoms with Crippen molar-refractivity contribution in [1.82, 2.24) is 10.3 Å². The Morgan fingerprint density at radius 1 is 1.38 bits per heavy atom. The number of fused-ring (bicyclic) bond motifs is 1. The quantitative estimate of drug-likeness (QED) is 0.761. The van der Waals surface area contributed by atoms with Crippen LogP contribution in [0.4, 0.5) is 5.13 Å². The maximum absolute atomic E-state index is 12.2. The van der Waals surface area contributed by atoms with Gasteiger partial charge in [-0.15, -0.1) is 0 Å². The van der Waals surface area contributed by atoms with Gasteiger partial charge in [0.15, 0.2) is 5.13 Å². The molecule has 0 aliphatic heterocycles. The van der Waals surface area contributed by atoms with Crippen LogP contribution in [0.1, 0.15) is 56.3 Å². The van der Waals surface area contributed by atoms with E-state index in [4.69, 9.17) is 5.73 Å². The third-order valence-electron chi connectivity index (χ3n) is 3.54. The lowest BCUT2D eigenvalue weighted by Gasteiger charge is -2.13. The number of hydrogen-bond donors (Lipinski definition) is 2. The van der Waals surface area contributed by atoms with Gasteiger partial charge in [-0.25, -0.2) is 4.98 Å². The van der Waals surface area contributed by atoms with Gasteiger partial charge in [0, 0.05) is 11.6 Å². The van der Waals surface area contributed by atoms with Gasteiger partial charge in [-0.05, 0) is 31.5 Å². The molecule has 3 N–H and O–H groups in total. The van der Waals surface area contributed by atoms with E-state index < -0.39 is 0 Å². The van der Waals surface area contributed by atoms with E-state index in [0.717, 1.165) is 16.6 Å². The minimum absolute atomic E-state index is 0.0214. The number of nitrogen functional groups attached to an aromatic ring is 1. The smallest absolute Gasteiger partial charge is 0.251 e. The number of nitrogens with one attached hydrogen (secondary N) is 1. The summed E-state index contributed by atoms with van der Waals surface area (Å²) in [7, 11) is 0. The molecule has 1 unspecified atom stereocenters. The molecule has 0 bridgehead atoms. The highest BCUT2D eigenvalue weighted by atomic mass is 32.1. The molecule has 0 aliphatic carbocycles. The fourth-order valence-electron chi connectivity index (χ4n) is 2.34. The average Bonchev–Trinajstić information content (AvgIpc) is 2.82. The topological polar surface area (TPSA) is 68.0 Å². The van der Waals surface area contributed by atoms with Crippen LogP contribution in [0, 0.1) is 0 Å². The molecule has 0 radical (unpaired) electrons. The number of benzene rings is 1. The molecular weight excluding hydrogens is 282 g/mol. The number of hydrogen-bond acceptors (Lipinski definition) is 4. The molecule has 4 nitrogen and oxygen atoms in total. The van der Waals surface area contributed by atoms with Crippen LogP contribution >= 0.6 is 11.3 Å². The van der Waals surface area contributed by atoms with E-state index >= 15 is 0 Å². The number of thiazole rings is 1. The molecule has 0 saturated heterocycles. The van der Waals surface area contributed by atoms with E-state index in [2.05, 4.69) is 24.1 Å². The number of unbranched alkanes of at least 4 members (excludes halogenated alkanes) is 3. The Kier molecular flexibility index (Phi) is 5.56. The molecule has 1 atom stereocenters. The lowest BCUT2D eigenvalue weighted by Crippen LogP contribution is -2.32. The highest BCUT2D eigenvalue weighted by Crippen LogP contribution is 2.24. The molecule has 21 heavy (non-hydrogen) atoms. The van der Waals surface area contributed by atoms with Crippen LogP contribution in [0.2, 0.25) is 0 Å². The van der Waals surface area contributed by atoms with Crippen LogP contribution in [0.15, 0.2) is 18.2 Å². The first-order valence-corrected chi connectivity index (χ1v) is 8.38. The Balaban J connectivity index is 1.91. The fourth-order valence-corrected chi connectivity index (χ4v) is 3.11. The SMILES string of the molecule is CCCCCCC(C)NC(=O)c1ccc2nc(N)sc2c1. The predicted molar refractivity (Wildman–Crippen MR) is 89.7 cm³/mol. The van der Waals surface area contributed by atoms with Crippen molar-refractivity contribution < 1.29 is 4.79 Å². The summed E-state index contributed by atoms with van der Waals surface area (Å²) in [6, 6.07) is 5.73. The number of carbonyl (C=O) groups excluding carboxylic acids is 1. The highest BCUT2D eigenvalue weighted by molar-refractivity contribution is 7.22. The van der Waals surface area contributed by atoms with E-state index in [9.17, 15) is 4.79 Å². The predicted octanol–water partition coefficient (Wildman–Crippen LogP) is 3.97. The summed E-state index contributed by atoms with van der Waals surface area (Å²) in [5.41, 5.74) is 7.21. The van der Waals surface area contributed by atoms with E-state index in [-0.39, 0.29) is 11.9 Å². The molecule has 0 aliphatic rings. The van der Waals surface area contributed by atoms with Crippen LogP contribution in [-0.4, -0.2) is 16.9 Å². The second-order valence-corrected chi connectivity index (χ2v) is 6.52. The van der Waals surface area contributed by atoms with E-state index in [0.29, 0.717) is 10.7 Å². The summed E-state index contributed by atoms with van der Waals surface area (Å²) in [6.45, 7) is 4.26. The molecule has 2 aromatic rings. The van der Waals surface area contributed by atoms with E-state index in [1.54, 1.807) is 6.07 Å². The molecule has 1 aromatic heterocycles. The Hall–Kier alpha value is -1.62. The minimum Gasteiger partial charge on any atom is -0.375 e. The summed E-state index contributed by atoms with van der Waals surface area (Å²) in [4.78, 5) is 16.4. The molecule has 5 heteroatoms. The monoisotopic (exact) mass is 305 g/mol. The average molecular weight is 305 g/mol. The zero-order valence-corrected chi connectivity index (χ0v) is 13.5. The lowest BCUT2D eigenvalue weighted by atomic mass is 10.1. The summed E-state index contributed by atoms with van der Waals surface area (Å²) in [5.74, 6) is -0.0214. The Bertz CT molecular complexity index is 609. The molecule has 1 amide bonds. The van der Waals surface area contributed by atoms with Gasteiger partial charge in [0.1, 0.15) is 0 Å². The Labute approximate surface area is 129 Å². The molecule has 0 spiro atoms. The zero-order chi connectivity index (χ0) is 15.2. The highest BCUT2D eigenvalue weighted by Gasteiger charge is 2.11. The normalized spacial score (nSPS) is 12.5. The van der Waals surface area contributed by atoms with Crippen molar-refractivity contribution in [3.05, 3.63) is 23.8 Å². The van der Waals surface area contributed by atoms with Gasteiger partial charge >= 0.3 is 0 Å². The van der Waals surface area contributed by atoms with Gasteiger partial charge in [0.05, 0.1) is 10.2 Å². The van der Waals surface area contributed by atoms with Gasteiger partial charge in [-0.3, -0.25) is 4.79 Å². The van der Waals surface area contributed by atoms with Crippen molar-refractivity contribution in [3.63, 3.8) is 0 Å². The van der Waals surface area contributed by atoms with Crippen molar-refractivity contribution in [2.45, 2.75) is 52.0 Å². The number of carbonyl (C=O) groups is 1. The summed E-state index contributed by atoms with van der Waals surface area (Å²) in [6.07, 6.45) is 5.94. The number of aromatic nitrogens is 1. The van der Waals surface area contributed by atoms with Crippen LogP contribution in [0.5, 0.6) is 0 Å². The van der Waals surface area contributed by atoms with Gasteiger partial charge in [-0.2, -0.15) is 0 Å². The van der Waals surface area contributed by atoms with Crippen molar-refractivity contribution in [1.29, 1.82) is 0 Å². The molecule has 0 saturated carbocycles. The summed E-state index contributed by atoms with van der Waals surface area (Å²) >= 11 is 1.41. The second-order valence-electron chi connectivity index (χ2n) is 5.46. The van der Waals surface area contributed by atoms with E-state index in [1.165, 1.54) is 37.0 Å². The van der Waals surface area contributed by atoms with Gasteiger partial charge < -0.3 is 11.1 Å². The number of nitrogens with two attached hydrogens (primary N) is 1. The standard InChI is InChI=1S/C16H23N3OS/c1-3-4-5-6-7-11(2)18-15(20)12-8-9-13-14(10-12)21-16(17)19-13/h8-11H,3-7H2,1-2H3,(H2,17,19)(H,18,20). The molecule has 2 rings (SSSR count). The molecule has 1 heterocycles. The van der Waals surface area contributed by atoms with Crippen molar-refractivity contribution in [3.8, 4) is 0 Å². The number of nitrogens with zero attached hydrogens (tertiary/aromatic N) is 1. The number of anilines is 1. The minimum atomic E-state index is -0.0214. The maximum atomic E-state index is 12.2. The molecule has 0 fully saturated rings. The first-order chi connectivity index (χ1) is 10.1. The summed E-state index contributed by atoms with van der Waals surface area (Å²) < 4.78 is 0.954. The van der Waals surface area contributed by atoms with Crippen LogP contribution in [-0.2, 0) is 0 Å². The maximum Gasteiger partial charge on any atom is 0.251 e. The molecule has 1 aromatic carbocycles. The Morgan fingerprint density at radius 2 is 2.19 bits per heavy atom. The van der Waals surface area contributed by atoms with Gasteiger partial charge in [-0.1, -0.05) is 43.9 Å². The van der Waals surface area contributed by atoms with Crippen molar-refractivity contribution in [2.24, 2.45) is 0 Å². The molecule has 114 valence electrons. The Morgan fingerprint density at radius 3 is 2.95 bits per heavy atom. The third-order valence-corrected chi connectivity index (χ3v) is 4.38. The summed E-state index contributed by atoms with van der Waals surface area (Å²) in [5, 5.41) is 3.59. The van der Waals surface area contributed by atoms with Crippen molar-refractivity contribution >= 4 is 32.6 Å².